The van der Waals surface area contributed by atoms with Gasteiger partial charge in [0, 0.05) is 22.0 Å². The Morgan fingerprint density at radius 3 is 2.60 bits per heavy atom. The van der Waals surface area contributed by atoms with Gasteiger partial charge in [-0.15, -0.1) is 0 Å². The lowest BCUT2D eigenvalue weighted by molar-refractivity contribution is -0.123. The van der Waals surface area contributed by atoms with Crippen LogP contribution in [0.25, 0.3) is 5.69 Å². The van der Waals surface area contributed by atoms with E-state index in [4.69, 9.17) is 32.7 Å². The van der Waals surface area contributed by atoms with E-state index in [2.05, 4.69) is 10.5 Å². The average molecular weight is 446 g/mol. The van der Waals surface area contributed by atoms with Crippen molar-refractivity contribution in [2.24, 2.45) is 5.10 Å². The molecule has 0 aliphatic carbocycles. The van der Waals surface area contributed by atoms with Gasteiger partial charge < -0.3 is 14.0 Å². The summed E-state index contributed by atoms with van der Waals surface area (Å²) in [4.78, 5) is 12.0. The minimum Gasteiger partial charge on any atom is -0.493 e. The molecule has 0 saturated carbocycles. The predicted molar refractivity (Wildman–Crippen MR) is 119 cm³/mol. The standard InChI is InChI=1S/C22H21Cl2N3O3/c1-14-10-16(15(2)27(14)19-11-17(23)8-9-18(19)24)12-25-26-22(28)13-30-21-7-5-4-6-20(21)29-3/h4-12H,13H2,1-3H3,(H,26,28)/b25-12-. The smallest absolute Gasteiger partial charge is 0.277 e. The highest BCUT2D eigenvalue weighted by molar-refractivity contribution is 6.34. The Balaban J connectivity index is 1.67. The van der Waals surface area contributed by atoms with E-state index in [1.165, 1.54) is 0 Å². The highest BCUT2D eigenvalue weighted by Gasteiger charge is 2.13. The zero-order chi connectivity index (χ0) is 21.7. The number of aromatic nitrogens is 1. The second kappa shape index (κ2) is 9.69. The van der Waals surface area contributed by atoms with E-state index in [-0.39, 0.29) is 12.5 Å². The number of amides is 1. The van der Waals surface area contributed by atoms with Crippen molar-refractivity contribution in [1.82, 2.24) is 9.99 Å². The lowest BCUT2D eigenvalue weighted by atomic mass is 10.2. The van der Waals surface area contributed by atoms with Crippen molar-refractivity contribution >= 4 is 35.3 Å². The highest BCUT2D eigenvalue weighted by atomic mass is 35.5. The number of hydrogen-bond acceptors (Lipinski definition) is 4. The number of aryl methyl sites for hydroxylation is 1. The van der Waals surface area contributed by atoms with Crippen molar-refractivity contribution in [2.75, 3.05) is 13.7 Å². The van der Waals surface area contributed by atoms with Gasteiger partial charge in [-0.05, 0) is 50.2 Å². The van der Waals surface area contributed by atoms with Crippen molar-refractivity contribution in [3.8, 4) is 17.2 Å². The molecule has 0 radical (unpaired) electrons. The van der Waals surface area contributed by atoms with Gasteiger partial charge in [-0.1, -0.05) is 35.3 Å². The number of para-hydroxylation sites is 2. The molecular weight excluding hydrogens is 425 g/mol. The third kappa shape index (κ3) is 4.96. The summed E-state index contributed by atoms with van der Waals surface area (Å²) in [6.07, 6.45) is 1.58. The molecule has 0 unspecified atom stereocenters. The van der Waals surface area contributed by atoms with Crippen LogP contribution in [0.15, 0.2) is 53.6 Å². The fourth-order valence-electron chi connectivity index (χ4n) is 3.03. The number of rotatable bonds is 7. The second-order valence-electron chi connectivity index (χ2n) is 6.49. The Labute approximate surface area is 185 Å². The largest absolute Gasteiger partial charge is 0.493 e. The van der Waals surface area contributed by atoms with Crippen LogP contribution < -0.4 is 14.9 Å². The molecule has 2 aromatic carbocycles. The van der Waals surface area contributed by atoms with Gasteiger partial charge in [0.15, 0.2) is 18.1 Å². The van der Waals surface area contributed by atoms with Gasteiger partial charge in [0.1, 0.15) is 0 Å². The molecule has 0 aliphatic rings. The summed E-state index contributed by atoms with van der Waals surface area (Å²) in [7, 11) is 1.54. The minimum atomic E-state index is -0.385. The molecule has 156 valence electrons. The number of benzene rings is 2. The molecule has 1 amide bonds. The first-order valence-corrected chi connectivity index (χ1v) is 9.88. The van der Waals surface area contributed by atoms with E-state index in [1.807, 2.05) is 36.6 Å². The van der Waals surface area contributed by atoms with Crippen LogP contribution in [0.2, 0.25) is 10.0 Å². The van der Waals surface area contributed by atoms with E-state index in [1.54, 1.807) is 43.7 Å². The molecule has 0 spiro atoms. The summed E-state index contributed by atoms with van der Waals surface area (Å²) in [5, 5.41) is 5.22. The van der Waals surface area contributed by atoms with Crippen LogP contribution in [0, 0.1) is 13.8 Å². The van der Waals surface area contributed by atoms with Crippen LogP contribution >= 0.6 is 23.2 Å². The molecular formula is C22H21Cl2N3O3. The summed E-state index contributed by atoms with van der Waals surface area (Å²) in [6.45, 7) is 3.72. The SMILES string of the molecule is COc1ccccc1OCC(=O)N/N=C\c1cc(C)n(-c2cc(Cl)ccc2Cl)c1C. The topological polar surface area (TPSA) is 64.8 Å². The first-order chi connectivity index (χ1) is 14.4. The third-order valence-electron chi connectivity index (χ3n) is 4.44. The van der Waals surface area contributed by atoms with Gasteiger partial charge >= 0.3 is 0 Å². The number of ether oxygens (including phenoxy) is 2. The van der Waals surface area contributed by atoms with Gasteiger partial charge in [-0.25, -0.2) is 5.43 Å². The molecule has 0 fully saturated rings. The van der Waals surface area contributed by atoms with Crippen molar-refractivity contribution in [3.05, 3.63) is 75.5 Å². The molecule has 0 saturated heterocycles. The number of nitrogens with one attached hydrogen (secondary N) is 1. The van der Waals surface area contributed by atoms with Crippen LogP contribution in [-0.2, 0) is 4.79 Å². The lowest BCUT2D eigenvalue weighted by Crippen LogP contribution is -2.24. The quantitative estimate of drug-likeness (QED) is 0.413. The van der Waals surface area contributed by atoms with E-state index in [0.717, 1.165) is 22.6 Å². The van der Waals surface area contributed by atoms with Gasteiger partial charge in [0.2, 0.25) is 0 Å². The lowest BCUT2D eigenvalue weighted by Gasteiger charge is -2.12. The van der Waals surface area contributed by atoms with Crippen LogP contribution in [0.3, 0.4) is 0 Å². The summed E-state index contributed by atoms with van der Waals surface area (Å²) >= 11 is 12.5. The average Bonchev–Trinajstić information content (AvgIpc) is 3.01. The number of hydrazone groups is 1. The van der Waals surface area contributed by atoms with Gasteiger partial charge in [-0.3, -0.25) is 4.79 Å². The van der Waals surface area contributed by atoms with Crippen molar-refractivity contribution in [3.63, 3.8) is 0 Å². The van der Waals surface area contributed by atoms with E-state index >= 15 is 0 Å². The fourth-order valence-corrected chi connectivity index (χ4v) is 3.40. The number of carbonyl (C=O) groups is 1. The minimum absolute atomic E-state index is 0.186. The first kappa shape index (κ1) is 21.7. The molecule has 1 heterocycles. The molecule has 3 rings (SSSR count). The zero-order valence-electron chi connectivity index (χ0n) is 16.8. The number of hydrogen-bond donors (Lipinski definition) is 1. The Hall–Kier alpha value is -2.96. The molecule has 3 aromatic rings. The van der Waals surface area contributed by atoms with Crippen LogP contribution in [0.5, 0.6) is 11.5 Å². The molecule has 30 heavy (non-hydrogen) atoms. The molecule has 0 atom stereocenters. The summed E-state index contributed by atoms with van der Waals surface area (Å²) in [6, 6.07) is 14.4. The first-order valence-electron chi connectivity index (χ1n) is 9.12. The van der Waals surface area contributed by atoms with Gasteiger partial charge in [0.05, 0.1) is 24.0 Å². The second-order valence-corrected chi connectivity index (χ2v) is 7.33. The van der Waals surface area contributed by atoms with Gasteiger partial charge in [-0.2, -0.15) is 5.10 Å². The maximum atomic E-state index is 12.0. The number of methoxy groups -OCH3 is 1. The molecule has 0 aliphatic heterocycles. The van der Waals surface area contributed by atoms with Crippen LogP contribution in [0.1, 0.15) is 17.0 Å². The number of nitrogens with zero attached hydrogens (tertiary/aromatic N) is 2. The van der Waals surface area contributed by atoms with Gasteiger partial charge in [0.25, 0.3) is 5.91 Å². The maximum Gasteiger partial charge on any atom is 0.277 e. The Morgan fingerprint density at radius 1 is 1.13 bits per heavy atom. The summed E-state index contributed by atoms with van der Waals surface area (Å²) in [5.74, 6) is 0.658. The normalized spacial score (nSPS) is 11.0. The van der Waals surface area contributed by atoms with Crippen molar-refractivity contribution in [2.45, 2.75) is 13.8 Å². The van der Waals surface area contributed by atoms with E-state index in [0.29, 0.717) is 21.5 Å². The zero-order valence-corrected chi connectivity index (χ0v) is 18.3. The van der Waals surface area contributed by atoms with Crippen LogP contribution in [0.4, 0.5) is 0 Å². The Morgan fingerprint density at radius 2 is 1.87 bits per heavy atom. The van der Waals surface area contributed by atoms with Crippen molar-refractivity contribution in [1.29, 1.82) is 0 Å². The van der Waals surface area contributed by atoms with Crippen molar-refractivity contribution < 1.29 is 14.3 Å². The Kier molecular flexibility index (Phi) is 7.03. The molecule has 1 aromatic heterocycles. The number of carbonyl (C=O) groups excluding carboxylic acids is 1. The molecule has 1 N–H and O–H groups in total. The summed E-state index contributed by atoms with van der Waals surface area (Å²) in [5.41, 5.74) is 5.97. The molecule has 0 bridgehead atoms. The highest BCUT2D eigenvalue weighted by Crippen LogP contribution is 2.28. The molecule has 6 nitrogen and oxygen atoms in total. The monoisotopic (exact) mass is 445 g/mol. The van der Waals surface area contributed by atoms with E-state index in [9.17, 15) is 4.79 Å². The predicted octanol–water partition coefficient (Wildman–Crippen LogP) is 4.94. The van der Waals surface area contributed by atoms with Crippen LogP contribution in [-0.4, -0.2) is 30.4 Å². The van der Waals surface area contributed by atoms with E-state index < -0.39 is 0 Å². The summed E-state index contributed by atoms with van der Waals surface area (Å²) < 4.78 is 12.7. The molecule has 8 heteroatoms. The Bertz CT molecular complexity index is 1090. The maximum absolute atomic E-state index is 12.0. The fraction of sp³-hybridized carbons (Fsp3) is 0.182. The number of halogens is 2. The third-order valence-corrected chi connectivity index (χ3v) is 4.99.